The Hall–Kier alpha value is -3.16. The fourth-order valence-corrected chi connectivity index (χ4v) is 4.93. The Balaban J connectivity index is 1.65. The van der Waals surface area contributed by atoms with Crippen molar-refractivity contribution in [3.8, 4) is 0 Å². The molecule has 2 N–H and O–H groups in total. The van der Waals surface area contributed by atoms with Gasteiger partial charge in [0.2, 0.25) is 0 Å². The Morgan fingerprint density at radius 3 is 2.65 bits per heavy atom. The second-order valence-corrected chi connectivity index (χ2v) is 10.3. The largest absolute Gasteiger partial charge is 0.478 e. The first-order valence-corrected chi connectivity index (χ1v) is 12.1. The molecule has 1 fully saturated rings. The number of carboxylic acid groups (broad SMARTS) is 1. The van der Waals surface area contributed by atoms with Crippen LogP contribution in [0.1, 0.15) is 59.7 Å². The van der Waals surface area contributed by atoms with E-state index in [0.717, 1.165) is 18.6 Å². The zero-order chi connectivity index (χ0) is 24.8. The van der Waals surface area contributed by atoms with Crippen LogP contribution in [0.5, 0.6) is 0 Å². The molecule has 0 amide bonds. The molecule has 184 valence electrons. The number of nitrogens with zero attached hydrogens (tertiary/aromatic N) is 4. The molecule has 1 aliphatic carbocycles. The molecular formula is C20H22F3N5O5S. The molecule has 34 heavy (non-hydrogen) atoms. The Kier molecular flexibility index (Phi) is 6.04. The van der Waals surface area contributed by atoms with Gasteiger partial charge in [-0.2, -0.15) is 13.2 Å². The van der Waals surface area contributed by atoms with Gasteiger partial charge in [-0.15, -0.1) is 0 Å². The summed E-state index contributed by atoms with van der Waals surface area (Å²) in [7, 11) is -2.26. The molecule has 2 aromatic heterocycles. The van der Waals surface area contributed by atoms with Gasteiger partial charge in [-0.3, -0.25) is 4.98 Å². The van der Waals surface area contributed by atoms with Crippen molar-refractivity contribution in [2.45, 2.75) is 50.0 Å². The fraction of sp³-hybridized carbons (Fsp3) is 0.500. The quantitative estimate of drug-likeness (QED) is 0.563. The summed E-state index contributed by atoms with van der Waals surface area (Å²) in [5.74, 6) is -1.20. The Morgan fingerprint density at radius 2 is 2.06 bits per heavy atom. The van der Waals surface area contributed by atoms with Gasteiger partial charge in [0.25, 0.3) is 0 Å². The standard InChI is InChI=1S/C20H22F3N5O5S/c1-3-34(31,32)18-16(26-17(28(18)2)15-7-13(27-33-15)10-4-5-10)25-9-14-12(19(29)30)6-11(8-24-14)20(21,22)23/h6,8,10,15,25H,3-5,7,9H2,1-2H3,(H,29,30). The molecule has 0 radical (unpaired) electrons. The zero-order valence-electron chi connectivity index (χ0n) is 18.3. The lowest BCUT2D eigenvalue weighted by atomic mass is 10.1. The predicted molar refractivity (Wildman–Crippen MR) is 113 cm³/mol. The van der Waals surface area contributed by atoms with E-state index in [9.17, 15) is 31.5 Å². The first kappa shape index (κ1) is 24.0. The molecule has 0 aromatic carbocycles. The molecule has 1 atom stereocenters. The summed E-state index contributed by atoms with van der Waals surface area (Å²) in [6.07, 6.45) is -2.28. The maximum Gasteiger partial charge on any atom is 0.417 e. The lowest BCUT2D eigenvalue weighted by Crippen LogP contribution is -2.16. The number of sulfone groups is 1. The van der Waals surface area contributed by atoms with Crippen molar-refractivity contribution in [1.29, 1.82) is 0 Å². The van der Waals surface area contributed by atoms with E-state index in [1.54, 1.807) is 0 Å². The Morgan fingerprint density at radius 1 is 1.35 bits per heavy atom. The van der Waals surface area contributed by atoms with Crippen molar-refractivity contribution in [3.63, 3.8) is 0 Å². The number of hydrogen-bond donors (Lipinski definition) is 2. The number of pyridine rings is 1. The maximum absolute atomic E-state index is 13.0. The molecular weight excluding hydrogens is 479 g/mol. The number of carbonyl (C=O) groups is 1. The summed E-state index contributed by atoms with van der Waals surface area (Å²) in [5.41, 5.74) is -1.15. The highest BCUT2D eigenvalue weighted by molar-refractivity contribution is 7.91. The van der Waals surface area contributed by atoms with Crippen LogP contribution < -0.4 is 5.32 Å². The van der Waals surface area contributed by atoms with E-state index >= 15 is 0 Å². The van der Waals surface area contributed by atoms with Gasteiger partial charge in [0.1, 0.15) is 0 Å². The van der Waals surface area contributed by atoms with Crippen LogP contribution in [0.2, 0.25) is 0 Å². The van der Waals surface area contributed by atoms with Crippen LogP contribution in [0.25, 0.3) is 0 Å². The minimum absolute atomic E-state index is 0.0686. The molecule has 4 rings (SSSR count). The second kappa shape index (κ2) is 8.56. The van der Waals surface area contributed by atoms with Crippen molar-refractivity contribution in [3.05, 3.63) is 34.9 Å². The zero-order valence-corrected chi connectivity index (χ0v) is 19.1. The molecule has 3 heterocycles. The van der Waals surface area contributed by atoms with E-state index in [-0.39, 0.29) is 28.8 Å². The molecule has 1 aliphatic heterocycles. The first-order chi connectivity index (χ1) is 15.9. The molecule has 14 heteroatoms. The summed E-state index contributed by atoms with van der Waals surface area (Å²) in [6.45, 7) is 1.10. The fourth-order valence-electron chi connectivity index (χ4n) is 3.73. The number of imidazole rings is 1. The minimum atomic E-state index is -4.76. The molecule has 0 saturated heterocycles. The van der Waals surface area contributed by atoms with Gasteiger partial charge in [-0.05, 0) is 18.9 Å². The third-order valence-electron chi connectivity index (χ3n) is 5.73. The predicted octanol–water partition coefficient (Wildman–Crippen LogP) is 3.17. The summed E-state index contributed by atoms with van der Waals surface area (Å²) >= 11 is 0. The van der Waals surface area contributed by atoms with Crippen molar-refractivity contribution >= 4 is 27.3 Å². The summed E-state index contributed by atoms with van der Waals surface area (Å²) in [6, 6.07) is 0.489. The smallest absolute Gasteiger partial charge is 0.417 e. The highest BCUT2D eigenvalue weighted by Crippen LogP contribution is 2.40. The topological polar surface area (TPSA) is 136 Å². The number of carboxylic acids is 1. The summed E-state index contributed by atoms with van der Waals surface area (Å²) in [4.78, 5) is 25.1. The van der Waals surface area contributed by atoms with Crippen molar-refractivity contribution in [2.75, 3.05) is 11.1 Å². The SMILES string of the molecule is CCS(=O)(=O)c1c(NCc2ncc(C(F)(F)F)cc2C(=O)O)nc(C2CC(C3CC3)=NO2)n1C. The van der Waals surface area contributed by atoms with E-state index in [1.165, 1.54) is 18.5 Å². The van der Waals surface area contributed by atoms with Gasteiger partial charge in [0.05, 0.1) is 34.8 Å². The molecule has 2 aliphatic rings. The Labute approximate surface area is 192 Å². The number of oxime groups is 1. The van der Waals surface area contributed by atoms with Crippen molar-refractivity contribution in [2.24, 2.45) is 18.1 Å². The van der Waals surface area contributed by atoms with Crippen LogP contribution in [0.3, 0.4) is 0 Å². The molecule has 1 unspecified atom stereocenters. The van der Waals surface area contributed by atoms with Crippen LogP contribution in [0.4, 0.5) is 19.0 Å². The summed E-state index contributed by atoms with van der Waals surface area (Å²) < 4.78 is 65.9. The first-order valence-electron chi connectivity index (χ1n) is 10.5. The summed E-state index contributed by atoms with van der Waals surface area (Å²) in [5, 5.41) is 16.1. The van der Waals surface area contributed by atoms with E-state index < -0.39 is 39.2 Å². The third kappa shape index (κ3) is 4.58. The highest BCUT2D eigenvalue weighted by Gasteiger charge is 2.38. The van der Waals surface area contributed by atoms with Gasteiger partial charge in [0, 0.05) is 25.6 Å². The van der Waals surface area contributed by atoms with Crippen LogP contribution >= 0.6 is 0 Å². The third-order valence-corrected chi connectivity index (χ3v) is 7.55. The molecule has 2 aromatic rings. The normalized spacial score (nSPS) is 18.5. The van der Waals surface area contributed by atoms with Crippen LogP contribution in [-0.4, -0.2) is 45.5 Å². The van der Waals surface area contributed by atoms with Crippen LogP contribution in [-0.2, 0) is 34.4 Å². The number of aromatic nitrogens is 3. The molecule has 0 spiro atoms. The molecule has 0 bridgehead atoms. The van der Waals surface area contributed by atoms with E-state index in [1.807, 2.05) is 0 Å². The average Bonchev–Trinajstić information content (AvgIpc) is 3.40. The van der Waals surface area contributed by atoms with Crippen LogP contribution in [0.15, 0.2) is 22.4 Å². The van der Waals surface area contributed by atoms with Crippen LogP contribution in [0, 0.1) is 5.92 Å². The van der Waals surface area contributed by atoms with Gasteiger partial charge in [-0.1, -0.05) is 12.1 Å². The lowest BCUT2D eigenvalue weighted by molar-refractivity contribution is -0.137. The minimum Gasteiger partial charge on any atom is -0.478 e. The van der Waals surface area contributed by atoms with E-state index in [0.29, 0.717) is 30.4 Å². The number of alkyl halides is 3. The maximum atomic E-state index is 13.0. The molecule has 1 saturated carbocycles. The van der Waals surface area contributed by atoms with Gasteiger partial charge >= 0.3 is 12.1 Å². The number of halogens is 3. The van der Waals surface area contributed by atoms with E-state index in [4.69, 9.17) is 4.84 Å². The number of nitrogens with one attached hydrogen (secondary N) is 1. The van der Waals surface area contributed by atoms with Gasteiger partial charge in [-0.25, -0.2) is 18.2 Å². The van der Waals surface area contributed by atoms with Crippen molar-refractivity contribution < 1.29 is 36.3 Å². The highest BCUT2D eigenvalue weighted by atomic mass is 32.2. The number of anilines is 1. The average molecular weight is 501 g/mol. The molecule has 10 nitrogen and oxygen atoms in total. The lowest BCUT2D eigenvalue weighted by Gasteiger charge is -2.12. The number of aromatic carboxylic acids is 1. The number of hydrogen-bond acceptors (Lipinski definition) is 8. The van der Waals surface area contributed by atoms with Crippen molar-refractivity contribution in [1.82, 2.24) is 14.5 Å². The Bertz CT molecular complexity index is 1270. The second-order valence-electron chi connectivity index (χ2n) is 8.12. The van der Waals surface area contributed by atoms with Gasteiger partial charge < -0.3 is 19.8 Å². The number of rotatable bonds is 8. The monoisotopic (exact) mass is 501 g/mol. The van der Waals surface area contributed by atoms with E-state index in [2.05, 4.69) is 20.4 Å². The van der Waals surface area contributed by atoms with Gasteiger partial charge in [0.15, 0.2) is 32.6 Å².